The highest BCUT2D eigenvalue weighted by atomic mass is 14.9. The smallest absolute Gasteiger partial charge is 0.0369 e. The van der Waals surface area contributed by atoms with E-state index in [1.807, 2.05) is 0 Å². The second-order valence-corrected chi connectivity index (χ2v) is 4.16. The Labute approximate surface area is 93.9 Å². The maximum Gasteiger partial charge on any atom is 0.0369 e. The fraction of sp³-hybridized carbons (Fsp3) is 0.571. The summed E-state index contributed by atoms with van der Waals surface area (Å²) >= 11 is 0. The number of hydrogen-bond donors (Lipinski definition) is 1. The van der Waals surface area contributed by atoms with Crippen LogP contribution in [0.4, 0.5) is 5.69 Å². The van der Waals surface area contributed by atoms with E-state index in [-0.39, 0.29) is 0 Å². The molecular weight excluding hydrogens is 182 g/mol. The fourth-order valence-electron chi connectivity index (χ4n) is 1.72. The van der Waals surface area contributed by atoms with Crippen LogP contribution in [-0.4, -0.2) is 6.54 Å². The number of nitrogens with one attached hydrogen (secondary N) is 1. The second-order valence-electron chi connectivity index (χ2n) is 4.16. The van der Waals surface area contributed by atoms with E-state index in [1.165, 1.54) is 43.4 Å². The molecule has 0 amide bonds. The first-order valence-electron chi connectivity index (χ1n) is 6.14. The molecule has 1 aromatic rings. The summed E-state index contributed by atoms with van der Waals surface area (Å²) in [7, 11) is 0. The van der Waals surface area contributed by atoms with Gasteiger partial charge >= 0.3 is 0 Å². The summed E-state index contributed by atoms with van der Waals surface area (Å²) in [5.74, 6) is 0. The number of aryl methyl sites for hydroxylation is 1. The Morgan fingerprint density at radius 1 is 1.00 bits per heavy atom. The van der Waals surface area contributed by atoms with Gasteiger partial charge in [0.25, 0.3) is 0 Å². The molecule has 0 fully saturated rings. The molecule has 0 radical (unpaired) electrons. The lowest BCUT2D eigenvalue weighted by Crippen LogP contribution is -2.02. The fourth-order valence-corrected chi connectivity index (χ4v) is 1.72. The molecule has 84 valence electrons. The average molecular weight is 205 g/mol. The topological polar surface area (TPSA) is 12.0 Å². The Balaban J connectivity index is 2.12. The molecule has 1 heteroatoms. The number of anilines is 1. The Morgan fingerprint density at radius 2 is 1.73 bits per heavy atom. The molecule has 0 spiro atoms. The summed E-state index contributed by atoms with van der Waals surface area (Å²) in [5.41, 5.74) is 2.62. The molecule has 15 heavy (non-hydrogen) atoms. The third-order valence-electron chi connectivity index (χ3n) is 2.74. The highest BCUT2D eigenvalue weighted by Crippen LogP contribution is 2.13. The average Bonchev–Trinajstić information content (AvgIpc) is 2.25. The molecule has 1 aromatic carbocycles. The van der Waals surface area contributed by atoms with Gasteiger partial charge in [0, 0.05) is 12.2 Å². The normalized spacial score (nSPS) is 10.3. The monoisotopic (exact) mass is 205 g/mol. The molecule has 0 saturated carbocycles. The van der Waals surface area contributed by atoms with Crippen molar-refractivity contribution in [2.45, 2.75) is 46.0 Å². The Kier molecular flexibility index (Phi) is 5.91. The lowest BCUT2D eigenvalue weighted by Gasteiger charge is -2.08. The molecule has 0 aromatic heterocycles. The van der Waals surface area contributed by atoms with Crippen molar-refractivity contribution in [1.29, 1.82) is 0 Å². The molecule has 1 rings (SSSR count). The van der Waals surface area contributed by atoms with E-state index in [4.69, 9.17) is 0 Å². The molecule has 0 atom stereocenters. The van der Waals surface area contributed by atoms with E-state index in [9.17, 15) is 0 Å². The van der Waals surface area contributed by atoms with E-state index in [2.05, 4.69) is 43.4 Å². The zero-order chi connectivity index (χ0) is 10.9. The minimum absolute atomic E-state index is 1.11. The van der Waals surface area contributed by atoms with E-state index in [0.717, 1.165) is 6.54 Å². The van der Waals surface area contributed by atoms with Crippen LogP contribution in [0.1, 0.15) is 44.6 Å². The molecular formula is C14H23N. The van der Waals surface area contributed by atoms with Crippen molar-refractivity contribution in [3.05, 3.63) is 29.8 Å². The highest BCUT2D eigenvalue weighted by molar-refractivity contribution is 5.49. The van der Waals surface area contributed by atoms with Crippen LogP contribution in [0.3, 0.4) is 0 Å². The van der Waals surface area contributed by atoms with Gasteiger partial charge in [-0.2, -0.15) is 0 Å². The van der Waals surface area contributed by atoms with Crippen LogP contribution in [0.25, 0.3) is 0 Å². The van der Waals surface area contributed by atoms with Crippen LogP contribution in [0, 0.1) is 6.92 Å². The summed E-state index contributed by atoms with van der Waals surface area (Å²) < 4.78 is 0. The third-order valence-corrected chi connectivity index (χ3v) is 2.74. The van der Waals surface area contributed by atoms with Gasteiger partial charge in [0.05, 0.1) is 0 Å². The molecule has 0 unspecified atom stereocenters. The van der Waals surface area contributed by atoms with E-state index >= 15 is 0 Å². The Bertz CT molecular complexity index is 268. The summed E-state index contributed by atoms with van der Waals surface area (Å²) in [4.78, 5) is 0. The van der Waals surface area contributed by atoms with Gasteiger partial charge in [0.15, 0.2) is 0 Å². The minimum atomic E-state index is 1.11. The number of unbranched alkanes of at least 4 members (excludes halogenated alkanes) is 4. The van der Waals surface area contributed by atoms with Gasteiger partial charge in [-0.15, -0.1) is 0 Å². The first-order chi connectivity index (χ1) is 7.34. The SMILES string of the molecule is CCCCCCCNc1ccccc1C. The quantitative estimate of drug-likeness (QED) is 0.651. The molecule has 0 saturated heterocycles. The largest absolute Gasteiger partial charge is 0.385 e. The summed E-state index contributed by atoms with van der Waals surface area (Å²) in [6.45, 7) is 5.51. The zero-order valence-corrected chi connectivity index (χ0v) is 10.1. The predicted octanol–water partition coefficient (Wildman–Crippen LogP) is 4.38. The molecule has 1 N–H and O–H groups in total. The maximum absolute atomic E-state index is 3.49. The van der Waals surface area contributed by atoms with E-state index < -0.39 is 0 Å². The van der Waals surface area contributed by atoms with Crippen molar-refractivity contribution in [1.82, 2.24) is 0 Å². The van der Waals surface area contributed by atoms with Crippen molar-refractivity contribution < 1.29 is 0 Å². The zero-order valence-electron chi connectivity index (χ0n) is 10.1. The standard InChI is InChI=1S/C14H23N/c1-3-4-5-6-9-12-15-14-11-8-7-10-13(14)2/h7-8,10-11,15H,3-6,9,12H2,1-2H3. The first kappa shape index (κ1) is 12.1. The molecule has 0 aliphatic rings. The van der Waals surface area contributed by atoms with Crippen LogP contribution in [0.2, 0.25) is 0 Å². The minimum Gasteiger partial charge on any atom is -0.385 e. The number of benzene rings is 1. The number of hydrogen-bond acceptors (Lipinski definition) is 1. The van der Waals surface area contributed by atoms with E-state index in [0.29, 0.717) is 0 Å². The highest BCUT2D eigenvalue weighted by Gasteiger charge is 1.94. The number of rotatable bonds is 7. The Morgan fingerprint density at radius 3 is 2.47 bits per heavy atom. The molecule has 0 aliphatic carbocycles. The maximum atomic E-state index is 3.49. The molecule has 0 heterocycles. The van der Waals surface area contributed by atoms with Crippen molar-refractivity contribution in [2.75, 3.05) is 11.9 Å². The van der Waals surface area contributed by atoms with Crippen molar-refractivity contribution in [3.63, 3.8) is 0 Å². The third kappa shape index (κ3) is 4.87. The van der Waals surface area contributed by atoms with Crippen LogP contribution >= 0.6 is 0 Å². The van der Waals surface area contributed by atoms with Crippen molar-refractivity contribution in [2.24, 2.45) is 0 Å². The van der Waals surface area contributed by atoms with Gasteiger partial charge in [-0.1, -0.05) is 50.8 Å². The van der Waals surface area contributed by atoms with Gasteiger partial charge in [0.2, 0.25) is 0 Å². The molecule has 0 aliphatic heterocycles. The molecule has 0 bridgehead atoms. The van der Waals surface area contributed by atoms with Gasteiger partial charge in [-0.3, -0.25) is 0 Å². The predicted molar refractivity (Wildman–Crippen MR) is 68.4 cm³/mol. The van der Waals surface area contributed by atoms with E-state index in [1.54, 1.807) is 0 Å². The first-order valence-corrected chi connectivity index (χ1v) is 6.14. The van der Waals surface area contributed by atoms with Crippen molar-refractivity contribution >= 4 is 5.69 Å². The Hall–Kier alpha value is -0.980. The lowest BCUT2D eigenvalue weighted by molar-refractivity contribution is 0.645. The van der Waals surface area contributed by atoms with Gasteiger partial charge in [-0.25, -0.2) is 0 Å². The lowest BCUT2D eigenvalue weighted by atomic mass is 10.1. The summed E-state index contributed by atoms with van der Waals surface area (Å²) in [6, 6.07) is 8.48. The van der Waals surface area contributed by atoms with Crippen LogP contribution in [0.15, 0.2) is 24.3 Å². The van der Waals surface area contributed by atoms with Crippen LogP contribution in [-0.2, 0) is 0 Å². The summed E-state index contributed by atoms with van der Waals surface area (Å²) in [6.07, 6.45) is 6.72. The second kappa shape index (κ2) is 7.33. The van der Waals surface area contributed by atoms with Gasteiger partial charge in [0.1, 0.15) is 0 Å². The molecule has 1 nitrogen and oxygen atoms in total. The van der Waals surface area contributed by atoms with Crippen LogP contribution in [0.5, 0.6) is 0 Å². The van der Waals surface area contributed by atoms with Gasteiger partial charge in [-0.05, 0) is 25.0 Å². The number of para-hydroxylation sites is 1. The van der Waals surface area contributed by atoms with Crippen LogP contribution < -0.4 is 5.32 Å². The van der Waals surface area contributed by atoms with Gasteiger partial charge < -0.3 is 5.32 Å². The summed E-state index contributed by atoms with van der Waals surface area (Å²) in [5, 5.41) is 3.49. The van der Waals surface area contributed by atoms with Crippen molar-refractivity contribution in [3.8, 4) is 0 Å².